The fourth-order valence-electron chi connectivity index (χ4n) is 1.34. The molecule has 0 bridgehead atoms. The Bertz CT molecular complexity index is 364. The van der Waals surface area contributed by atoms with E-state index in [1.54, 1.807) is 18.0 Å². The molecule has 0 aliphatic heterocycles. The Morgan fingerprint density at radius 2 is 2.19 bits per heavy atom. The average Bonchev–Trinajstić information content (AvgIpc) is 3.03. The zero-order valence-electron chi connectivity index (χ0n) is 9.90. The molecular formula is C12H17NO2S. The van der Waals surface area contributed by atoms with Gasteiger partial charge in [0.15, 0.2) is 5.75 Å². The summed E-state index contributed by atoms with van der Waals surface area (Å²) in [6, 6.07) is 1.97. The summed E-state index contributed by atoms with van der Waals surface area (Å²) < 4.78 is 11.5. The van der Waals surface area contributed by atoms with Gasteiger partial charge in [-0.15, -0.1) is 11.8 Å². The van der Waals surface area contributed by atoms with Gasteiger partial charge in [0.05, 0.1) is 17.1 Å². The van der Waals surface area contributed by atoms with Gasteiger partial charge in [-0.3, -0.25) is 0 Å². The fraction of sp³-hybridized carbons (Fsp3) is 0.583. The van der Waals surface area contributed by atoms with Gasteiger partial charge in [-0.25, -0.2) is 4.98 Å². The van der Waals surface area contributed by atoms with Gasteiger partial charge in [-0.05, 0) is 39.0 Å². The highest BCUT2D eigenvalue weighted by Gasteiger charge is 2.27. The molecule has 0 amide bonds. The summed E-state index contributed by atoms with van der Waals surface area (Å²) in [5.41, 5.74) is 0. The Kier molecular flexibility index (Phi) is 3.59. The molecule has 1 aliphatic carbocycles. The quantitative estimate of drug-likeness (QED) is 0.739. The van der Waals surface area contributed by atoms with E-state index >= 15 is 0 Å². The van der Waals surface area contributed by atoms with Crippen LogP contribution in [0, 0.1) is 0 Å². The monoisotopic (exact) mass is 239 g/mol. The Labute approximate surface area is 101 Å². The van der Waals surface area contributed by atoms with Crippen LogP contribution >= 0.6 is 11.8 Å². The summed E-state index contributed by atoms with van der Waals surface area (Å²) >= 11 is 1.66. The molecular weight excluding hydrogens is 222 g/mol. The van der Waals surface area contributed by atoms with Crippen molar-refractivity contribution in [2.75, 3.05) is 6.26 Å². The lowest BCUT2D eigenvalue weighted by Crippen LogP contribution is -2.09. The van der Waals surface area contributed by atoms with E-state index in [4.69, 9.17) is 9.47 Å². The molecule has 0 N–H and O–H groups in total. The van der Waals surface area contributed by atoms with Crippen molar-refractivity contribution in [1.29, 1.82) is 0 Å². The van der Waals surface area contributed by atoms with E-state index in [9.17, 15) is 0 Å². The Balaban J connectivity index is 2.25. The van der Waals surface area contributed by atoms with Crippen molar-refractivity contribution in [3.63, 3.8) is 0 Å². The van der Waals surface area contributed by atoms with Gasteiger partial charge in [-0.2, -0.15) is 0 Å². The van der Waals surface area contributed by atoms with Crippen LogP contribution in [-0.2, 0) is 0 Å². The van der Waals surface area contributed by atoms with Crippen LogP contribution in [0.4, 0.5) is 0 Å². The predicted molar refractivity (Wildman–Crippen MR) is 65.4 cm³/mol. The zero-order chi connectivity index (χ0) is 11.5. The summed E-state index contributed by atoms with van der Waals surface area (Å²) in [7, 11) is 0. The highest BCUT2D eigenvalue weighted by molar-refractivity contribution is 7.98. The molecule has 16 heavy (non-hydrogen) atoms. The van der Waals surface area contributed by atoms with E-state index in [0.29, 0.717) is 12.0 Å². The van der Waals surface area contributed by atoms with Crippen LogP contribution < -0.4 is 9.47 Å². The first-order valence-electron chi connectivity index (χ1n) is 5.57. The highest BCUT2D eigenvalue weighted by atomic mass is 32.2. The molecule has 1 aromatic rings. The van der Waals surface area contributed by atoms with Gasteiger partial charge >= 0.3 is 0 Å². The van der Waals surface area contributed by atoms with Crippen LogP contribution in [-0.4, -0.2) is 23.4 Å². The summed E-state index contributed by atoms with van der Waals surface area (Å²) in [5.74, 6) is 1.43. The van der Waals surface area contributed by atoms with Gasteiger partial charge < -0.3 is 9.47 Å². The SMILES string of the molecule is CSc1ccnc(OC(C)C)c1OC1CC1. The van der Waals surface area contributed by atoms with Crippen molar-refractivity contribution >= 4 is 11.8 Å². The number of thioether (sulfide) groups is 1. The minimum Gasteiger partial charge on any atom is -0.484 e. The summed E-state index contributed by atoms with van der Waals surface area (Å²) in [6.45, 7) is 3.99. The Hall–Kier alpha value is -0.900. The lowest BCUT2D eigenvalue weighted by Gasteiger charge is -2.15. The zero-order valence-corrected chi connectivity index (χ0v) is 10.7. The van der Waals surface area contributed by atoms with E-state index in [0.717, 1.165) is 23.5 Å². The van der Waals surface area contributed by atoms with E-state index in [2.05, 4.69) is 4.98 Å². The van der Waals surface area contributed by atoms with Gasteiger partial charge in [0.1, 0.15) is 0 Å². The summed E-state index contributed by atoms with van der Waals surface area (Å²) in [6.07, 6.45) is 6.57. The number of pyridine rings is 1. The molecule has 3 nitrogen and oxygen atoms in total. The molecule has 1 heterocycles. The Morgan fingerprint density at radius 3 is 2.75 bits per heavy atom. The molecule has 4 heteroatoms. The van der Waals surface area contributed by atoms with Crippen molar-refractivity contribution in [3.05, 3.63) is 12.3 Å². The van der Waals surface area contributed by atoms with Crippen LogP contribution in [0.15, 0.2) is 17.2 Å². The van der Waals surface area contributed by atoms with Crippen molar-refractivity contribution < 1.29 is 9.47 Å². The molecule has 0 radical (unpaired) electrons. The minimum absolute atomic E-state index is 0.117. The smallest absolute Gasteiger partial charge is 0.258 e. The van der Waals surface area contributed by atoms with Crippen LogP contribution in [0.2, 0.25) is 0 Å². The molecule has 0 saturated heterocycles. The number of hydrogen-bond donors (Lipinski definition) is 0. The maximum atomic E-state index is 5.87. The largest absolute Gasteiger partial charge is 0.484 e. The van der Waals surface area contributed by atoms with Gasteiger partial charge in [0, 0.05) is 6.20 Å². The molecule has 0 aromatic carbocycles. The van der Waals surface area contributed by atoms with Crippen LogP contribution in [0.1, 0.15) is 26.7 Å². The number of rotatable bonds is 5. The first kappa shape index (κ1) is 11.6. The predicted octanol–water partition coefficient (Wildman–Crippen LogP) is 3.13. The van der Waals surface area contributed by atoms with Gasteiger partial charge in [0.25, 0.3) is 5.88 Å². The maximum absolute atomic E-state index is 5.87. The van der Waals surface area contributed by atoms with Gasteiger partial charge in [-0.1, -0.05) is 0 Å². The second-order valence-electron chi connectivity index (χ2n) is 4.13. The molecule has 1 fully saturated rings. The molecule has 0 atom stereocenters. The Morgan fingerprint density at radius 1 is 1.44 bits per heavy atom. The molecule has 88 valence electrons. The van der Waals surface area contributed by atoms with Gasteiger partial charge in [0.2, 0.25) is 0 Å². The first-order chi connectivity index (χ1) is 7.70. The third-order valence-electron chi connectivity index (χ3n) is 2.21. The molecule has 2 rings (SSSR count). The fourth-order valence-corrected chi connectivity index (χ4v) is 1.86. The van der Waals surface area contributed by atoms with Crippen molar-refractivity contribution in [2.24, 2.45) is 0 Å². The van der Waals surface area contributed by atoms with Crippen LogP contribution in [0.25, 0.3) is 0 Å². The second kappa shape index (κ2) is 4.95. The lowest BCUT2D eigenvalue weighted by molar-refractivity contribution is 0.205. The number of nitrogens with zero attached hydrogens (tertiary/aromatic N) is 1. The van der Waals surface area contributed by atoms with Crippen LogP contribution in [0.5, 0.6) is 11.6 Å². The molecule has 1 saturated carbocycles. The second-order valence-corrected chi connectivity index (χ2v) is 4.98. The van der Waals surface area contributed by atoms with Crippen molar-refractivity contribution in [1.82, 2.24) is 4.98 Å². The highest BCUT2D eigenvalue weighted by Crippen LogP contribution is 2.39. The summed E-state index contributed by atoms with van der Waals surface area (Å²) in [4.78, 5) is 5.34. The topological polar surface area (TPSA) is 31.4 Å². The minimum atomic E-state index is 0.117. The van der Waals surface area contributed by atoms with Crippen molar-refractivity contribution in [2.45, 2.75) is 43.8 Å². The van der Waals surface area contributed by atoms with E-state index < -0.39 is 0 Å². The molecule has 1 aromatic heterocycles. The summed E-state index contributed by atoms with van der Waals surface area (Å²) in [5, 5.41) is 0. The molecule has 0 spiro atoms. The first-order valence-corrected chi connectivity index (χ1v) is 6.79. The number of aromatic nitrogens is 1. The van der Waals surface area contributed by atoms with E-state index in [1.807, 2.05) is 26.2 Å². The van der Waals surface area contributed by atoms with E-state index in [-0.39, 0.29) is 6.10 Å². The van der Waals surface area contributed by atoms with Crippen LogP contribution in [0.3, 0.4) is 0 Å². The maximum Gasteiger partial charge on any atom is 0.258 e. The lowest BCUT2D eigenvalue weighted by atomic mass is 10.4. The number of ether oxygens (including phenoxy) is 2. The van der Waals surface area contributed by atoms with Crippen molar-refractivity contribution in [3.8, 4) is 11.6 Å². The molecule has 1 aliphatic rings. The normalized spacial score (nSPS) is 15.2. The third kappa shape index (κ3) is 2.82. The average molecular weight is 239 g/mol. The number of hydrogen-bond acceptors (Lipinski definition) is 4. The standard InChI is InChI=1S/C12H17NO2S/c1-8(2)14-12-11(15-9-4-5-9)10(16-3)6-7-13-12/h6-9H,4-5H2,1-3H3. The molecule has 0 unspecified atom stereocenters. The van der Waals surface area contributed by atoms with E-state index in [1.165, 1.54) is 0 Å². The third-order valence-corrected chi connectivity index (χ3v) is 2.97.